The number of aromatic nitrogens is 3. The minimum absolute atomic E-state index is 0.00565. The minimum atomic E-state index is -0.278. The van der Waals surface area contributed by atoms with Crippen LogP contribution < -0.4 is 25.4 Å². The van der Waals surface area contributed by atoms with Crippen LogP contribution in [0, 0.1) is 12.8 Å². The Labute approximate surface area is 200 Å². The number of piperidine rings is 1. The first-order valence-electron chi connectivity index (χ1n) is 11.3. The van der Waals surface area contributed by atoms with E-state index in [1.54, 1.807) is 11.9 Å². The maximum atomic E-state index is 13.1. The SMILES string of the molecule is CNC(=O)C1CCN(c2nc3ncn(CC(=O)N4CCOc5ccc(C)cc54)c(=O)c3s2)CC1. The van der Waals surface area contributed by atoms with E-state index in [1.165, 1.54) is 22.2 Å². The third-order valence-electron chi connectivity index (χ3n) is 6.34. The van der Waals surface area contributed by atoms with Crippen LogP contribution in [0.1, 0.15) is 18.4 Å². The molecule has 178 valence electrons. The standard InChI is InChI=1S/C23H26N6O4S/c1-14-3-4-17-16(11-14)29(9-10-33-17)18(30)12-28-13-25-20-19(22(28)32)34-23(26-20)27-7-5-15(6-8-27)21(31)24-2/h3-4,11,13,15H,5-10,12H2,1-2H3,(H,24,31). The predicted octanol–water partition coefficient (Wildman–Crippen LogP) is 1.55. The second-order valence-electron chi connectivity index (χ2n) is 8.57. The lowest BCUT2D eigenvalue weighted by atomic mass is 9.96. The van der Waals surface area contributed by atoms with Crippen molar-refractivity contribution in [3.05, 3.63) is 40.4 Å². The van der Waals surface area contributed by atoms with Gasteiger partial charge >= 0.3 is 0 Å². The Morgan fingerprint density at radius 3 is 2.79 bits per heavy atom. The fraction of sp³-hybridized carbons (Fsp3) is 0.435. The Bertz CT molecular complexity index is 1310. The number of ether oxygens (including phenoxy) is 1. The Balaban J connectivity index is 1.35. The molecule has 34 heavy (non-hydrogen) atoms. The molecular formula is C23H26N6O4S. The van der Waals surface area contributed by atoms with Crippen LogP contribution in [0.2, 0.25) is 0 Å². The number of anilines is 2. The van der Waals surface area contributed by atoms with Gasteiger partial charge in [-0.15, -0.1) is 0 Å². The summed E-state index contributed by atoms with van der Waals surface area (Å²) in [6.07, 6.45) is 2.87. The molecule has 5 rings (SSSR count). The van der Waals surface area contributed by atoms with Crippen molar-refractivity contribution in [2.45, 2.75) is 26.3 Å². The van der Waals surface area contributed by atoms with Gasteiger partial charge in [0.15, 0.2) is 10.8 Å². The molecular weight excluding hydrogens is 456 g/mol. The highest BCUT2D eigenvalue weighted by Gasteiger charge is 2.27. The van der Waals surface area contributed by atoms with Gasteiger partial charge in [0.05, 0.1) is 12.2 Å². The number of benzene rings is 1. The lowest BCUT2D eigenvalue weighted by Crippen LogP contribution is -2.41. The van der Waals surface area contributed by atoms with Crippen molar-refractivity contribution in [1.29, 1.82) is 0 Å². The Kier molecular flexibility index (Phi) is 5.94. The number of nitrogens with one attached hydrogen (secondary N) is 1. The normalized spacial score (nSPS) is 16.3. The summed E-state index contributed by atoms with van der Waals surface area (Å²) in [5.41, 5.74) is 1.85. The van der Waals surface area contributed by atoms with Gasteiger partial charge in [-0.1, -0.05) is 17.4 Å². The Morgan fingerprint density at radius 2 is 2.03 bits per heavy atom. The molecule has 3 aromatic rings. The molecule has 1 aromatic carbocycles. The fourth-order valence-corrected chi connectivity index (χ4v) is 5.46. The smallest absolute Gasteiger partial charge is 0.273 e. The summed E-state index contributed by atoms with van der Waals surface area (Å²) < 4.78 is 7.44. The average molecular weight is 483 g/mol. The molecule has 0 radical (unpaired) electrons. The van der Waals surface area contributed by atoms with Crippen molar-refractivity contribution >= 4 is 44.3 Å². The molecule has 0 saturated carbocycles. The molecule has 0 aliphatic carbocycles. The van der Waals surface area contributed by atoms with Crippen molar-refractivity contribution in [2.24, 2.45) is 5.92 Å². The van der Waals surface area contributed by atoms with Gasteiger partial charge in [-0.05, 0) is 37.5 Å². The molecule has 0 bridgehead atoms. The number of aryl methyl sites for hydroxylation is 1. The molecule has 1 fully saturated rings. The topological polar surface area (TPSA) is 110 Å². The molecule has 1 N–H and O–H groups in total. The van der Waals surface area contributed by atoms with Crippen molar-refractivity contribution < 1.29 is 14.3 Å². The number of carbonyl (C=O) groups is 2. The molecule has 2 aliphatic heterocycles. The predicted molar refractivity (Wildman–Crippen MR) is 130 cm³/mol. The van der Waals surface area contributed by atoms with Crippen LogP contribution in [-0.2, 0) is 16.1 Å². The zero-order valence-electron chi connectivity index (χ0n) is 19.1. The second-order valence-corrected chi connectivity index (χ2v) is 9.54. The second kappa shape index (κ2) is 9.05. The van der Waals surface area contributed by atoms with Gasteiger partial charge in [-0.3, -0.25) is 19.0 Å². The van der Waals surface area contributed by atoms with E-state index in [9.17, 15) is 14.4 Å². The third-order valence-corrected chi connectivity index (χ3v) is 7.43. The quantitative estimate of drug-likeness (QED) is 0.601. The summed E-state index contributed by atoms with van der Waals surface area (Å²) in [6, 6.07) is 5.72. The molecule has 2 aliphatic rings. The van der Waals surface area contributed by atoms with Gasteiger partial charge in [0.2, 0.25) is 11.8 Å². The summed E-state index contributed by atoms with van der Waals surface area (Å²) in [4.78, 5) is 50.8. The zero-order valence-corrected chi connectivity index (χ0v) is 19.9. The van der Waals surface area contributed by atoms with E-state index in [1.807, 2.05) is 25.1 Å². The van der Waals surface area contributed by atoms with E-state index in [4.69, 9.17) is 4.74 Å². The van der Waals surface area contributed by atoms with Crippen molar-refractivity contribution in [3.63, 3.8) is 0 Å². The number of amides is 2. The number of nitrogens with zero attached hydrogens (tertiary/aromatic N) is 5. The maximum Gasteiger partial charge on any atom is 0.273 e. The minimum Gasteiger partial charge on any atom is -0.490 e. The largest absolute Gasteiger partial charge is 0.490 e. The first kappa shape index (κ1) is 22.3. The first-order chi connectivity index (χ1) is 16.4. The van der Waals surface area contributed by atoms with Crippen molar-refractivity contribution in [3.8, 4) is 5.75 Å². The zero-order chi connectivity index (χ0) is 23.8. The average Bonchev–Trinajstić information content (AvgIpc) is 3.30. The molecule has 10 nitrogen and oxygen atoms in total. The molecule has 2 aromatic heterocycles. The number of thiazole rings is 1. The highest BCUT2D eigenvalue weighted by atomic mass is 32.1. The number of hydrogen-bond acceptors (Lipinski definition) is 8. The van der Waals surface area contributed by atoms with E-state index >= 15 is 0 Å². The van der Waals surface area contributed by atoms with E-state index in [0.717, 1.165) is 29.2 Å². The molecule has 0 atom stereocenters. The van der Waals surface area contributed by atoms with Crippen LogP contribution in [0.4, 0.5) is 10.8 Å². The van der Waals surface area contributed by atoms with Crippen molar-refractivity contribution in [1.82, 2.24) is 19.9 Å². The molecule has 1 saturated heterocycles. The monoisotopic (exact) mass is 482 g/mol. The Morgan fingerprint density at radius 1 is 1.24 bits per heavy atom. The van der Waals surface area contributed by atoms with Gasteiger partial charge in [-0.25, -0.2) is 4.98 Å². The molecule has 0 spiro atoms. The molecule has 11 heteroatoms. The van der Waals surface area contributed by atoms with Crippen LogP contribution in [0.15, 0.2) is 29.3 Å². The van der Waals surface area contributed by atoms with Gasteiger partial charge in [0.25, 0.3) is 5.56 Å². The fourth-order valence-electron chi connectivity index (χ4n) is 4.44. The summed E-state index contributed by atoms with van der Waals surface area (Å²) >= 11 is 1.29. The van der Waals surface area contributed by atoms with Crippen molar-refractivity contribution in [2.75, 3.05) is 43.1 Å². The van der Waals surface area contributed by atoms with Gasteiger partial charge < -0.3 is 19.9 Å². The number of fused-ring (bicyclic) bond motifs is 2. The highest BCUT2D eigenvalue weighted by molar-refractivity contribution is 7.22. The summed E-state index contributed by atoms with van der Waals surface area (Å²) in [5.74, 6) is 0.542. The number of hydrogen-bond donors (Lipinski definition) is 1. The van der Waals surface area contributed by atoms with E-state index in [2.05, 4.69) is 20.2 Å². The summed E-state index contributed by atoms with van der Waals surface area (Å²) in [6.45, 7) is 4.07. The first-order valence-corrected chi connectivity index (χ1v) is 12.1. The molecule has 2 amide bonds. The van der Waals surface area contributed by atoms with Gasteiger partial charge in [-0.2, -0.15) is 4.98 Å². The lowest BCUT2D eigenvalue weighted by Gasteiger charge is -2.30. The van der Waals surface area contributed by atoms with Crippen LogP contribution in [0.3, 0.4) is 0 Å². The van der Waals surface area contributed by atoms with Gasteiger partial charge in [0, 0.05) is 26.1 Å². The molecule has 4 heterocycles. The lowest BCUT2D eigenvalue weighted by molar-refractivity contribution is -0.125. The Hall–Kier alpha value is -3.47. The molecule has 0 unspecified atom stereocenters. The number of rotatable bonds is 4. The van der Waals surface area contributed by atoms with Crippen LogP contribution in [0.25, 0.3) is 10.3 Å². The van der Waals surface area contributed by atoms with Crippen LogP contribution in [-0.4, -0.2) is 59.6 Å². The summed E-state index contributed by atoms with van der Waals surface area (Å²) in [7, 11) is 1.66. The third kappa shape index (κ3) is 4.11. The van der Waals surface area contributed by atoms with Crippen LogP contribution >= 0.6 is 11.3 Å². The summed E-state index contributed by atoms with van der Waals surface area (Å²) in [5, 5.41) is 3.43. The van der Waals surface area contributed by atoms with E-state index in [0.29, 0.717) is 42.3 Å². The van der Waals surface area contributed by atoms with Gasteiger partial charge in [0.1, 0.15) is 29.9 Å². The number of carbonyl (C=O) groups excluding carboxylic acids is 2. The van der Waals surface area contributed by atoms with E-state index < -0.39 is 0 Å². The van der Waals surface area contributed by atoms with E-state index in [-0.39, 0.29) is 29.8 Å². The highest BCUT2D eigenvalue weighted by Crippen LogP contribution is 2.33. The van der Waals surface area contributed by atoms with Crippen LogP contribution in [0.5, 0.6) is 5.75 Å². The maximum absolute atomic E-state index is 13.1.